The first-order valence-electron chi connectivity index (χ1n) is 10.1. The zero-order chi connectivity index (χ0) is 18.3. The van der Waals surface area contributed by atoms with Gasteiger partial charge in [0.1, 0.15) is 31.0 Å². The molecule has 0 radical (unpaired) electrons. The lowest BCUT2D eigenvalue weighted by Crippen LogP contribution is -2.40. The Labute approximate surface area is 153 Å². The number of ether oxygens (including phenoxy) is 2. The molecular formula is C20H38O5. The summed E-state index contributed by atoms with van der Waals surface area (Å²) >= 11 is 0. The highest BCUT2D eigenvalue weighted by Crippen LogP contribution is 2.18. The molecule has 1 rings (SSSR count). The van der Waals surface area contributed by atoms with Gasteiger partial charge >= 0.3 is 0 Å². The largest absolute Gasteiger partial charge is 0.499 e. The molecule has 1 aliphatic heterocycles. The molecule has 0 spiro atoms. The van der Waals surface area contributed by atoms with Crippen LogP contribution in [0.25, 0.3) is 0 Å². The lowest BCUT2D eigenvalue weighted by Gasteiger charge is -2.20. The average molecular weight is 359 g/mol. The minimum Gasteiger partial charge on any atom is -0.499 e. The molecule has 25 heavy (non-hydrogen) atoms. The van der Waals surface area contributed by atoms with Crippen molar-refractivity contribution in [2.75, 3.05) is 13.2 Å². The van der Waals surface area contributed by atoms with Crippen LogP contribution >= 0.6 is 0 Å². The van der Waals surface area contributed by atoms with Crippen molar-refractivity contribution in [1.82, 2.24) is 0 Å². The summed E-state index contributed by atoms with van der Waals surface area (Å²) < 4.78 is 10.4. The van der Waals surface area contributed by atoms with Gasteiger partial charge in [0, 0.05) is 0 Å². The maximum Gasteiger partial charge on any atom is 0.117 e. The monoisotopic (exact) mass is 358 g/mol. The SMILES string of the molecule is CCCCCCCCCCCC/C=C/OC[C@H](O)[C@H]1OC[C@@H](O)[C@H]1O. The first kappa shape index (κ1) is 22.4. The van der Waals surface area contributed by atoms with E-state index in [-0.39, 0.29) is 13.2 Å². The summed E-state index contributed by atoms with van der Waals surface area (Å²) in [7, 11) is 0. The number of aliphatic hydroxyl groups is 3. The van der Waals surface area contributed by atoms with Gasteiger partial charge in [-0.15, -0.1) is 0 Å². The van der Waals surface area contributed by atoms with E-state index in [2.05, 4.69) is 6.92 Å². The zero-order valence-electron chi connectivity index (χ0n) is 15.8. The second-order valence-electron chi connectivity index (χ2n) is 7.10. The molecule has 1 aliphatic rings. The number of hydrogen-bond donors (Lipinski definition) is 3. The Morgan fingerprint density at radius 2 is 1.60 bits per heavy atom. The van der Waals surface area contributed by atoms with Crippen molar-refractivity contribution in [2.24, 2.45) is 0 Å². The molecule has 4 atom stereocenters. The Kier molecular flexibility index (Phi) is 13.0. The highest BCUT2D eigenvalue weighted by atomic mass is 16.5. The maximum absolute atomic E-state index is 9.87. The molecular weight excluding hydrogens is 320 g/mol. The molecule has 0 amide bonds. The molecule has 1 heterocycles. The normalized spacial score (nSPS) is 24.9. The lowest BCUT2D eigenvalue weighted by molar-refractivity contribution is -0.0703. The van der Waals surface area contributed by atoms with Gasteiger partial charge in [-0.2, -0.15) is 0 Å². The second-order valence-corrected chi connectivity index (χ2v) is 7.10. The van der Waals surface area contributed by atoms with Crippen LogP contribution in [-0.4, -0.2) is 52.9 Å². The highest BCUT2D eigenvalue weighted by molar-refractivity contribution is 4.88. The predicted molar refractivity (Wildman–Crippen MR) is 99.3 cm³/mol. The number of rotatable bonds is 15. The maximum atomic E-state index is 9.87. The highest BCUT2D eigenvalue weighted by Gasteiger charge is 2.39. The molecule has 0 bridgehead atoms. The van der Waals surface area contributed by atoms with Crippen molar-refractivity contribution in [1.29, 1.82) is 0 Å². The number of hydrogen-bond acceptors (Lipinski definition) is 5. The van der Waals surface area contributed by atoms with E-state index in [0.717, 1.165) is 12.8 Å². The fourth-order valence-corrected chi connectivity index (χ4v) is 3.10. The van der Waals surface area contributed by atoms with Gasteiger partial charge in [0.15, 0.2) is 0 Å². The van der Waals surface area contributed by atoms with Gasteiger partial charge in [0.2, 0.25) is 0 Å². The van der Waals surface area contributed by atoms with Crippen LogP contribution in [-0.2, 0) is 9.47 Å². The third kappa shape index (κ3) is 10.2. The summed E-state index contributed by atoms with van der Waals surface area (Å²) in [6, 6.07) is 0. The fourth-order valence-electron chi connectivity index (χ4n) is 3.10. The van der Waals surface area contributed by atoms with Crippen LogP contribution in [0.2, 0.25) is 0 Å². The Morgan fingerprint density at radius 1 is 1.00 bits per heavy atom. The van der Waals surface area contributed by atoms with E-state index in [1.54, 1.807) is 6.26 Å². The Hall–Kier alpha value is -0.620. The topological polar surface area (TPSA) is 79.2 Å². The zero-order valence-corrected chi connectivity index (χ0v) is 15.8. The van der Waals surface area contributed by atoms with Crippen LogP contribution in [0.15, 0.2) is 12.3 Å². The van der Waals surface area contributed by atoms with Crippen LogP contribution in [0.4, 0.5) is 0 Å². The molecule has 0 aromatic rings. The summed E-state index contributed by atoms with van der Waals surface area (Å²) in [5, 5.41) is 28.9. The summed E-state index contributed by atoms with van der Waals surface area (Å²) in [6.07, 6.45) is 14.2. The number of unbranched alkanes of at least 4 members (excludes halogenated alkanes) is 10. The fraction of sp³-hybridized carbons (Fsp3) is 0.900. The van der Waals surface area contributed by atoms with Crippen LogP contribution in [0.3, 0.4) is 0 Å². The van der Waals surface area contributed by atoms with Crippen LogP contribution in [0, 0.1) is 0 Å². The summed E-state index contributed by atoms with van der Waals surface area (Å²) in [5.74, 6) is 0. The molecule has 0 aromatic carbocycles. The van der Waals surface area contributed by atoms with Crippen molar-refractivity contribution >= 4 is 0 Å². The standard InChI is InChI=1S/C20H38O5/c1-2-3-4-5-6-7-8-9-10-11-12-13-14-24-15-18(22)20-19(23)17(21)16-25-20/h13-14,17-23H,2-12,15-16H2,1H3/b14-13+/t17-,18+,19-,20-/m1/s1. The number of allylic oxidation sites excluding steroid dienone is 1. The second kappa shape index (κ2) is 14.5. The molecule has 0 aromatic heterocycles. The Morgan fingerprint density at radius 3 is 2.16 bits per heavy atom. The van der Waals surface area contributed by atoms with E-state index >= 15 is 0 Å². The van der Waals surface area contributed by atoms with Gasteiger partial charge in [-0.3, -0.25) is 0 Å². The third-order valence-corrected chi connectivity index (χ3v) is 4.75. The van der Waals surface area contributed by atoms with E-state index in [1.807, 2.05) is 6.08 Å². The summed E-state index contributed by atoms with van der Waals surface area (Å²) in [4.78, 5) is 0. The summed E-state index contributed by atoms with van der Waals surface area (Å²) in [5.41, 5.74) is 0. The first-order valence-corrected chi connectivity index (χ1v) is 10.1. The van der Waals surface area contributed by atoms with E-state index in [9.17, 15) is 15.3 Å². The van der Waals surface area contributed by atoms with Gasteiger partial charge < -0.3 is 24.8 Å². The minimum atomic E-state index is -1.05. The van der Waals surface area contributed by atoms with Gasteiger partial charge in [-0.1, -0.05) is 64.7 Å². The molecule has 5 heteroatoms. The van der Waals surface area contributed by atoms with Crippen LogP contribution in [0.1, 0.15) is 77.6 Å². The van der Waals surface area contributed by atoms with Crippen molar-refractivity contribution < 1.29 is 24.8 Å². The van der Waals surface area contributed by atoms with Crippen LogP contribution in [0.5, 0.6) is 0 Å². The van der Waals surface area contributed by atoms with Gasteiger partial charge in [-0.25, -0.2) is 0 Å². The molecule has 1 saturated heterocycles. The summed E-state index contributed by atoms with van der Waals surface area (Å²) in [6.45, 7) is 2.36. The quantitative estimate of drug-likeness (QED) is 0.309. The Balaban J connectivity index is 1.87. The van der Waals surface area contributed by atoms with Crippen molar-refractivity contribution in [3.05, 3.63) is 12.3 Å². The number of aliphatic hydroxyl groups excluding tert-OH is 3. The molecule has 1 fully saturated rings. The Bertz CT molecular complexity index is 334. The van der Waals surface area contributed by atoms with Crippen LogP contribution < -0.4 is 0 Å². The molecule has 0 unspecified atom stereocenters. The molecule has 0 saturated carbocycles. The predicted octanol–water partition coefficient (Wildman–Crippen LogP) is 3.31. The van der Waals surface area contributed by atoms with Gasteiger partial charge in [-0.05, 0) is 18.9 Å². The first-order chi connectivity index (χ1) is 12.2. The van der Waals surface area contributed by atoms with E-state index in [4.69, 9.17) is 9.47 Å². The smallest absolute Gasteiger partial charge is 0.117 e. The average Bonchev–Trinajstić information content (AvgIpc) is 2.94. The van der Waals surface area contributed by atoms with Crippen molar-refractivity contribution in [3.63, 3.8) is 0 Å². The minimum absolute atomic E-state index is 0.0530. The lowest BCUT2D eigenvalue weighted by atomic mass is 10.1. The van der Waals surface area contributed by atoms with Crippen molar-refractivity contribution in [2.45, 2.75) is 102 Å². The third-order valence-electron chi connectivity index (χ3n) is 4.75. The molecule has 3 N–H and O–H groups in total. The van der Waals surface area contributed by atoms with Gasteiger partial charge in [0.05, 0.1) is 12.9 Å². The van der Waals surface area contributed by atoms with E-state index in [1.165, 1.54) is 57.8 Å². The molecule has 5 nitrogen and oxygen atoms in total. The van der Waals surface area contributed by atoms with Gasteiger partial charge in [0.25, 0.3) is 0 Å². The van der Waals surface area contributed by atoms with Crippen molar-refractivity contribution in [3.8, 4) is 0 Å². The van der Waals surface area contributed by atoms with E-state index < -0.39 is 24.4 Å². The molecule has 148 valence electrons. The van der Waals surface area contributed by atoms with E-state index in [0.29, 0.717) is 0 Å². The molecule has 0 aliphatic carbocycles.